The molecule has 136 valence electrons. The molecule has 5 aliphatic rings. The highest BCUT2D eigenvalue weighted by molar-refractivity contribution is 5.72. The van der Waals surface area contributed by atoms with Gasteiger partial charge in [0.15, 0.2) is 0 Å². The molecule has 1 spiro atoms. The normalized spacial score (nSPS) is 53.9. The van der Waals surface area contributed by atoms with E-state index in [4.69, 9.17) is 4.74 Å². The summed E-state index contributed by atoms with van der Waals surface area (Å²) >= 11 is 0. The molecule has 7 atom stereocenters. The molecule has 5 rings (SSSR count). The lowest BCUT2D eigenvalue weighted by Crippen LogP contribution is -2.53. The van der Waals surface area contributed by atoms with Gasteiger partial charge in [-0.1, -0.05) is 32.1 Å². The third-order valence-corrected chi connectivity index (χ3v) is 8.97. The van der Waals surface area contributed by atoms with Crippen LogP contribution in [0.15, 0.2) is 23.8 Å². The molecule has 1 aliphatic heterocycles. The fourth-order valence-electron chi connectivity index (χ4n) is 7.44. The first-order valence-electron chi connectivity index (χ1n) is 10.2. The maximum absolute atomic E-state index is 11.9. The van der Waals surface area contributed by atoms with Crippen molar-refractivity contribution in [1.29, 1.82) is 0 Å². The molecule has 4 aliphatic carbocycles. The van der Waals surface area contributed by atoms with Crippen LogP contribution in [-0.2, 0) is 9.53 Å². The van der Waals surface area contributed by atoms with Gasteiger partial charge < -0.3 is 9.84 Å². The Morgan fingerprint density at radius 2 is 1.88 bits per heavy atom. The van der Waals surface area contributed by atoms with Gasteiger partial charge in [-0.05, 0) is 73.7 Å². The first-order valence-corrected chi connectivity index (χ1v) is 10.2. The fourth-order valence-corrected chi connectivity index (χ4v) is 7.44. The van der Waals surface area contributed by atoms with Gasteiger partial charge in [-0.3, -0.25) is 4.79 Å². The summed E-state index contributed by atoms with van der Waals surface area (Å²) in [7, 11) is 0. The molecule has 0 amide bonds. The van der Waals surface area contributed by atoms with E-state index in [0.717, 1.165) is 25.7 Å². The number of carbonyl (C=O) groups excluding carboxylic acids is 1. The van der Waals surface area contributed by atoms with Crippen molar-refractivity contribution in [3.8, 4) is 0 Å². The quantitative estimate of drug-likeness (QED) is 0.672. The maximum Gasteiger partial charge on any atom is 0.306 e. The summed E-state index contributed by atoms with van der Waals surface area (Å²) in [5.74, 6) is 1.90. The van der Waals surface area contributed by atoms with Crippen molar-refractivity contribution in [2.75, 3.05) is 0 Å². The van der Waals surface area contributed by atoms with E-state index in [2.05, 4.69) is 32.1 Å². The van der Waals surface area contributed by atoms with Gasteiger partial charge in [0, 0.05) is 11.8 Å². The van der Waals surface area contributed by atoms with E-state index in [-0.39, 0.29) is 28.5 Å². The van der Waals surface area contributed by atoms with Gasteiger partial charge in [-0.15, -0.1) is 0 Å². The Labute approximate surface area is 150 Å². The number of aliphatic hydroxyl groups excluding tert-OH is 1. The number of allylic oxidation sites excluding steroid dienone is 3. The van der Waals surface area contributed by atoms with E-state index in [1.54, 1.807) is 0 Å². The van der Waals surface area contributed by atoms with Gasteiger partial charge in [0.1, 0.15) is 5.60 Å². The maximum atomic E-state index is 11.9. The van der Waals surface area contributed by atoms with Gasteiger partial charge in [0.2, 0.25) is 0 Å². The fraction of sp³-hybridized carbons (Fsp3) is 0.773. The second-order valence-electron chi connectivity index (χ2n) is 9.76. The highest BCUT2D eigenvalue weighted by atomic mass is 16.6. The number of rotatable bonds is 0. The summed E-state index contributed by atoms with van der Waals surface area (Å²) in [6.45, 7) is 4.83. The lowest BCUT2D eigenvalue weighted by Gasteiger charge is -2.57. The minimum Gasteiger partial charge on any atom is -0.458 e. The van der Waals surface area contributed by atoms with Crippen molar-refractivity contribution >= 4 is 5.97 Å². The van der Waals surface area contributed by atoms with Crippen LogP contribution in [0.1, 0.15) is 65.2 Å². The van der Waals surface area contributed by atoms with E-state index >= 15 is 0 Å². The molecule has 25 heavy (non-hydrogen) atoms. The third-order valence-electron chi connectivity index (χ3n) is 8.97. The molecule has 3 nitrogen and oxygen atoms in total. The molecule has 0 unspecified atom stereocenters. The smallest absolute Gasteiger partial charge is 0.306 e. The van der Waals surface area contributed by atoms with Gasteiger partial charge in [-0.2, -0.15) is 0 Å². The van der Waals surface area contributed by atoms with Crippen LogP contribution >= 0.6 is 0 Å². The van der Waals surface area contributed by atoms with Crippen molar-refractivity contribution in [2.45, 2.75) is 76.9 Å². The summed E-state index contributed by atoms with van der Waals surface area (Å²) in [6.07, 6.45) is 14.7. The van der Waals surface area contributed by atoms with Crippen LogP contribution in [0.5, 0.6) is 0 Å². The third kappa shape index (κ3) is 1.94. The molecule has 3 fully saturated rings. The largest absolute Gasteiger partial charge is 0.458 e. The number of hydrogen-bond acceptors (Lipinski definition) is 3. The lowest BCUT2D eigenvalue weighted by molar-refractivity contribution is -0.165. The van der Waals surface area contributed by atoms with E-state index < -0.39 is 0 Å². The molecular formula is C22H30O3. The predicted octanol–water partition coefficient (Wildman–Crippen LogP) is 4.16. The Kier molecular flexibility index (Phi) is 3.22. The van der Waals surface area contributed by atoms with Gasteiger partial charge in [-0.25, -0.2) is 0 Å². The monoisotopic (exact) mass is 342 g/mol. The minimum atomic E-state index is -0.272. The number of ether oxygens (including phenoxy) is 1. The Balaban J connectivity index is 1.52. The van der Waals surface area contributed by atoms with Crippen LogP contribution < -0.4 is 0 Å². The summed E-state index contributed by atoms with van der Waals surface area (Å²) < 4.78 is 6.00. The highest BCUT2D eigenvalue weighted by Gasteiger charge is 2.66. The molecule has 0 radical (unpaired) electrons. The second-order valence-corrected chi connectivity index (χ2v) is 9.76. The summed E-state index contributed by atoms with van der Waals surface area (Å²) in [5.41, 5.74) is 1.52. The minimum absolute atomic E-state index is 0.0154. The van der Waals surface area contributed by atoms with Crippen molar-refractivity contribution in [1.82, 2.24) is 0 Å². The number of esters is 1. The highest BCUT2D eigenvalue weighted by Crippen LogP contribution is 2.68. The zero-order valence-electron chi connectivity index (χ0n) is 15.5. The zero-order chi connectivity index (χ0) is 17.4. The van der Waals surface area contributed by atoms with E-state index in [9.17, 15) is 9.90 Å². The molecule has 0 bridgehead atoms. The zero-order valence-corrected chi connectivity index (χ0v) is 15.5. The van der Waals surface area contributed by atoms with Gasteiger partial charge in [0.25, 0.3) is 0 Å². The molecule has 0 aromatic rings. The number of carbonyl (C=O) groups is 1. The van der Waals surface area contributed by atoms with Crippen molar-refractivity contribution in [3.05, 3.63) is 23.8 Å². The Hall–Kier alpha value is -1.09. The molecule has 0 aromatic carbocycles. The number of aliphatic hydroxyl groups is 1. The Morgan fingerprint density at radius 1 is 1.08 bits per heavy atom. The average molecular weight is 342 g/mol. The van der Waals surface area contributed by atoms with Crippen LogP contribution in [-0.4, -0.2) is 22.8 Å². The molecule has 1 N–H and O–H groups in total. The summed E-state index contributed by atoms with van der Waals surface area (Å²) in [5, 5.41) is 10.1. The Bertz CT molecular complexity index is 679. The van der Waals surface area contributed by atoms with E-state index in [1.807, 2.05) is 0 Å². The molecule has 3 heteroatoms. The first kappa shape index (κ1) is 16.1. The van der Waals surface area contributed by atoms with Crippen molar-refractivity contribution < 1.29 is 14.6 Å². The van der Waals surface area contributed by atoms with Crippen molar-refractivity contribution in [2.24, 2.45) is 28.6 Å². The standard InChI is InChI=1S/C22H30O3/c1-20-9-5-15(23)13-14(20)3-4-16-17(20)6-10-21(2)18(16)7-11-22(21)12-8-19(24)25-22/h3-4,13,15-18,23H,5-12H2,1-2H3/t15-,16+,17+,18-,20+,21+,22-/m1/s1. The summed E-state index contributed by atoms with van der Waals surface area (Å²) in [4.78, 5) is 11.9. The van der Waals surface area contributed by atoms with Crippen LogP contribution in [0, 0.1) is 28.6 Å². The van der Waals surface area contributed by atoms with E-state index in [1.165, 1.54) is 24.8 Å². The van der Waals surface area contributed by atoms with Crippen molar-refractivity contribution in [3.63, 3.8) is 0 Å². The van der Waals surface area contributed by atoms with Gasteiger partial charge >= 0.3 is 5.97 Å². The number of fused-ring (bicyclic) bond motifs is 6. The van der Waals surface area contributed by atoms with Crippen LogP contribution in [0.4, 0.5) is 0 Å². The number of hydrogen-bond donors (Lipinski definition) is 1. The molecule has 2 saturated carbocycles. The molecular weight excluding hydrogens is 312 g/mol. The lowest BCUT2D eigenvalue weighted by atomic mass is 9.48. The van der Waals surface area contributed by atoms with Crippen LogP contribution in [0.3, 0.4) is 0 Å². The second kappa shape index (κ2) is 5.00. The molecule has 0 aromatic heterocycles. The van der Waals surface area contributed by atoms with Gasteiger partial charge in [0.05, 0.1) is 6.10 Å². The Morgan fingerprint density at radius 3 is 2.64 bits per heavy atom. The molecule has 1 heterocycles. The summed E-state index contributed by atoms with van der Waals surface area (Å²) in [6, 6.07) is 0. The predicted molar refractivity (Wildman–Crippen MR) is 95.7 cm³/mol. The van der Waals surface area contributed by atoms with E-state index in [0.29, 0.717) is 24.2 Å². The molecule has 1 saturated heterocycles. The topological polar surface area (TPSA) is 46.5 Å². The average Bonchev–Trinajstić information content (AvgIpc) is 3.10. The SMILES string of the molecule is C[C@]12CC[C@@H](O)C=C1C=C[C@@H]1[C@H]3CC[C@@]4(CCC(=O)O4)[C@@]3(C)CC[C@@H]12. The van der Waals surface area contributed by atoms with Crippen LogP contribution in [0.25, 0.3) is 0 Å². The van der Waals surface area contributed by atoms with Crippen LogP contribution in [0.2, 0.25) is 0 Å². The first-order chi connectivity index (χ1) is 11.9.